The Bertz CT molecular complexity index is 312. The lowest BCUT2D eigenvalue weighted by Crippen LogP contribution is -2.25. The number of aromatic nitrogens is 1. The first-order chi connectivity index (χ1) is 7.04. The second kappa shape index (κ2) is 5.58. The van der Waals surface area contributed by atoms with Gasteiger partial charge in [0.1, 0.15) is 0 Å². The maximum Gasteiger partial charge on any atom is 0.0900 e. The molecule has 0 bridgehead atoms. The summed E-state index contributed by atoms with van der Waals surface area (Å²) in [4.78, 5) is 5.71. The molecule has 2 atom stereocenters. The Morgan fingerprint density at radius 1 is 1.40 bits per heavy atom. The lowest BCUT2D eigenvalue weighted by atomic mass is 10.1. The van der Waals surface area contributed by atoms with Crippen molar-refractivity contribution in [1.29, 1.82) is 0 Å². The molecule has 0 saturated carbocycles. The van der Waals surface area contributed by atoms with Crippen molar-refractivity contribution in [3.63, 3.8) is 0 Å². The van der Waals surface area contributed by atoms with Gasteiger partial charge < -0.3 is 10.4 Å². The Balaban J connectivity index is 2.53. The molecule has 2 unspecified atom stereocenters. The number of nitrogens with one attached hydrogen (secondary N) is 1. The molecule has 0 aromatic carbocycles. The largest absolute Gasteiger partial charge is 0.396 e. The van der Waals surface area contributed by atoms with Crippen molar-refractivity contribution >= 4 is 11.3 Å². The zero-order chi connectivity index (χ0) is 11.4. The third-order valence-corrected chi connectivity index (χ3v) is 3.67. The molecule has 1 rings (SSSR count). The molecule has 0 aliphatic carbocycles. The second-order valence-corrected chi connectivity index (χ2v) is 5.33. The number of thiazole rings is 1. The van der Waals surface area contributed by atoms with Gasteiger partial charge in [0.2, 0.25) is 0 Å². The average molecular weight is 228 g/mol. The van der Waals surface area contributed by atoms with E-state index >= 15 is 0 Å². The van der Waals surface area contributed by atoms with Crippen LogP contribution >= 0.6 is 11.3 Å². The van der Waals surface area contributed by atoms with E-state index in [0.717, 1.165) is 17.2 Å². The van der Waals surface area contributed by atoms with Crippen LogP contribution in [0.4, 0.5) is 0 Å². The van der Waals surface area contributed by atoms with E-state index in [1.54, 1.807) is 11.3 Å². The van der Waals surface area contributed by atoms with Crippen LogP contribution in [-0.2, 0) is 0 Å². The van der Waals surface area contributed by atoms with E-state index in [0.29, 0.717) is 12.0 Å². The van der Waals surface area contributed by atoms with Crippen LogP contribution in [0.5, 0.6) is 0 Å². The molecule has 0 radical (unpaired) electrons. The van der Waals surface area contributed by atoms with Gasteiger partial charge in [-0.3, -0.25) is 0 Å². The predicted molar refractivity (Wildman–Crippen MR) is 64.3 cm³/mol. The highest BCUT2D eigenvalue weighted by Crippen LogP contribution is 2.24. The quantitative estimate of drug-likeness (QED) is 0.810. The fraction of sp³-hybridized carbons (Fsp3) is 0.727. The van der Waals surface area contributed by atoms with E-state index in [1.807, 2.05) is 20.8 Å². The Morgan fingerprint density at radius 3 is 2.53 bits per heavy atom. The molecular formula is C11H20N2OS. The summed E-state index contributed by atoms with van der Waals surface area (Å²) in [5, 5.41) is 13.5. The zero-order valence-electron chi connectivity index (χ0n) is 9.87. The summed E-state index contributed by atoms with van der Waals surface area (Å²) >= 11 is 1.75. The maximum atomic E-state index is 8.93. The van der Waals surface area contributed by atoms with E-state index < -0.39 is 0 Å². The van der Waals surface area contributed by atoms with Gasteiger partial charge in [-0.25, -0.2) is 4.98 Å². The summed E-state index contributed by atoms with van der Waals surface area (Å²) < 4.78 is 0. The maximum absolute atomic E-state index is 8.93. The molecule has 0 aliphatic heterocycles. The molecule has 86 valence electrons. The van der Waals surface area contributed by atoms with Crippen LogP contribution in [0, 0.1) is 19.8 Å². The van der Waals surface area contributed by atoms with E-state index in [9.17, 15) is 0 Å². The molecule has 4 heteroatoms. The average Bonchev–Trinajstić information content (AvgIpc) is 2.53. The van der Waals surface area contributed by atoms with Crippen molar-refractivity contribution in [2.24, 2.45) is 5.92 Å². The number of aliphatic hydroxyl groups excluding tert-OH is 1. The van der Waals surface area contributed by atoms with Gasteiger partial charge in [0.15, 0.2) is 0 Å². The van der Waals surface area contributed by atoms with Gasteiger partial charge in [0.05, 0.1) is 10.7 Å². The van der Waals surface area contributed by atoms with Crippen LogP contribution in [0.25, 0.3) is 0 Å². The third-order valence-electron chi connectivity index (χ3n) is 2.42. The number of hydrogen-bond donors (Lipinski definition) is 2. The van der Waals surface area contributed by atoms with Crippen molar-refractivity contribution in [2.75, 3.05) is 13.2 Å². The van der Waals surface area contributed by atoms with Crippen molar-refractivity contribution in [3.05, 3.63) is 15.6 Å². The first kappa shape index (κ1) is 12.6. The highest BCUT2D eigenvalue weighted by molar-refractivity contribution is 7.11. The first-order valence-corrected chi connectivity index (χ1v) is 6.14. The molecule has 3 nitrogen and oxygen atoms in total. The second-order valence-electron chi connectivity index (χ2n) is 4.10. The Kier molecular flexibility index (Phi) is 4.70. The van der Waals surface area contributed by atoms with E-state index in [-0.39, 0.29) is 6.61 Å². The molecular weight excluding hydrogens is 208 g/mol. The summed E-state index contributed by atoms with van der Waals surface area (Å²) in [7, 11) is 0. The summed E-state index contributed by atoms with van der Waals surface area (Å²) in [6.07, 6.45) is 0. The summed E-state index contributed by atoms with van der Waals surface area (Å²) in [5.74, 6) is 0.307. The van der Waals surface area contributed by atoms with Crippen molar-refractivity contribution in [3.8, 4) is 0 Å². The van der Waals surface area contributed by atoms with Crippen LogP contribution in [-0.4, -0.2) is 23.2 Å². The van der Waals surface area contributed by atoms with E-state index in [4.69, 9.17) is 5.11 Å². The molecule has 0 amide bonds. The van der Waals surface area contributed by atoms with Gasteiger partial charge in [-0.2, -0.15) is 0 Å². The highest BCUT2D eigenvalue weighted by Gasteiger charge is 2.13. The zero-order valence-corrected chi connectivity index (χ0v) is 10.7. The summed E-state index contributed by atoms with van der Waals surface area (Å²) in [6.45, 7) is 9.33. The summed E-state index contributed by atoms with van der Waals surface area (Å²) in [5.41, 5.74) is 1.12. The van der Waals surface area contributed by atoms with Crippen molar-refractivity contribution in [2.45, 2.75) is 33.7 Å². The molecule has 1 heterocycles. The van der Waals surface area contributed by atoms with Gasteiger partial charge in [-0.15, -0.1) is 11.3 Å². The highest BCUT2D eigenvalue weighted by atomic mass is 32.1. The number of rotatable bonds is 5. The van der Waals surface area contributed by atoms with Crippen LogP contribution in [0.2, 0.25) is 0 Å². The van der Waals surface area contributed by atoms with Crippen molar-refractivity contribution in [1.82, 2.24) is 10.3 Å². The normalized spacial score (nSPS) is 15.3. The molecule has 1 aromatic heterocycles. The fourth-order valence-corrected chi connectivity index (χ4v) is 2.44. The monoisotopic (exact) mass is 228 g/mol. The lowest BCUT2D eigenvalue weighted by Gasteiger charge is -2.15. The lowest BCUT2D eigenvalue weighted by molar-refractivity contribution is 0.231. The molecule has 0 fully saturated rings. The van der Waals surface area contributed by atoms with E-state index in [1.165, 1.54) is 4.88 Å². The molecule has 0 spiro atoms. The molecule has 15 heavy (non-hydrogen) atoms. The molecule has 0 aliphatic rings. The Morgan fingerprint density at radius 2 is 2.07 bits per heavy atom. The molecule has 2 N–H and O–H groups in total. The minimum Gasteiger partial charge on any atom is -0.396 e. The first-order valence-electron chi connectivity index (χ1n) is 5.32. The minimum absolute atomic E-state index is 0.237. The van der Waals surface area contributed by atoms with Gasteiger partial charge in [-0.05, 0) is 26.7 Å². The third kappa shape index (κ3) is 3.55. The van der Waals surface area contributed by atoms with Gasteiger partial charge in [0.25, 0.3) is 0 Å². The smallest absolute Gasteiger partial charge is 0.0900 e. The van der Waals surface area contributed by atoms with Crippen LogP contribution in [0.15, 0.2) is 0 Å². The van der Waals surface area contributed by atoms with Crippen molar-refractivity contribution < 1.29 is 5.11 Å². The van der Waals surface area contributed by atoms with Gasteiger partial charge >= 0.3 is 0 Å². The summed E-state index contributed by atoms with van der Waals surface area (Å²) in [6, 6.07) is 0.324. The number of nitrogens with zero attached hydrogens (tertiary/aromatic N) is 1. The number of hydrogen-bond acceptors (Lipinski definition) is 4. The van der Waals surface area contributed by atoms with Gasteiger partial charge in [-0.1, -0.05) is 6.92 Å². The fourth-order valence-electron chi connectivity index (χ4n) is 1.48. The standard InChI is InChI=1S/C11H20N2OS/c1-7(6-14)5-12-8(2)11-9(3)13-10(4)15-11/h7-8,12,14H,5-6H2,1-4H3. The van der Waals surface area contributed by atoms with Crippen LogP contribution < -0.4 is 5.32 Å². The number of aryl methyl sites for hydroxylation is 2. The Labute approximate surface area is 95.6 Å². The van der Waals surface area contributed by atoms with Crippen LogP contribution in [0.3, 0.4) is 0 Å². The minimum atomic E-state index is 0.237. The Hall–Kier alpha value is -0.450. The SMILES string of the molecule is Cc1nc(C)c(C(C)NCC(C)CO)s1. The van der Waals surface area contributed by atoms with E-state index in [2.05, 4.69) is 17.2 Å². The van der Waals surface area contributed by atoms with Gasteiger partial charge in [0, 0.05) is 24.1 Å². The molecule has 1 aromatic rings. The predicted octanol–water partition coefficient (Wildman–Crippen LogP) is 2.04. The topological polar surface area (TPSA) is 45.2 Å². The van der Waals surface area contributed by atoms with Crippen LogP contribution in [0.1, 0.15) is 35.5 Å². The number of aliphatic hydroxyl groups is 1. The molecule has 0 saturated heterocycles.